The fourth-order valence-corrected chi connectivity index (χ4v) is 3.29. The highest BCUT2D eigenvalue weighted by molar-refractivity contribution is 7.91. The zero-order chi connectivity index (χ0) is 10.7. The van der Waals surface area contributed by atoms with E-state index in [4.69, 9.17) is 0 Å². The number of sulfone groups is 1. The number of nitrogens with one attached hydrogen (secondary N) is 2. The van der Waals surface area contributed by atoms with Gasteiger partial charge in [-0.05, 0) is 18.6 Å². The highest BCUT2D eigenvalue weighted by atomic mass is 32.2. The Balaban J connectivity index is 1.85. The maximum atomic E-state index is 11.2. The zero-order valence-corrected chi connectivity index (χ0v) is 9.13. The second kappa shape index (κ2) is 4.20. The monoisotopic (exact) mass is 226 g/mol. The molecular formula is C10H14N2O2S. The van der Waals surface area contributed by atoms with Crippen LogP contribution >= 0.6 is 0 Å². The fourth-order valence-electron chi connectivity index (χ4n) is 1.62. The van der Waals surface area contributed by atoms with Crippen molar-refractivity contribution in [2.75, 3.05) is 16.9 Å². The molecule has 1 aromatic rings. The second-order valence-electron chi connectivity index (χ2n) is 3.74. The first kappa shape index (κ1) is 10.4. The van der Waals surface area contributed by atoms with Crippen LogP contribution < -0.4 is 10.9 Å². The summed E-state index contributed by atoms with van der Waals surface area (Å²) in [6, 6.07) is 9.67. The highest BCUT2D eigenvalue weighted by Gasteiger charge is 2.27. The molecule has 0 bridgehead atoms. The maximum Gasteiger partial charge on any atom is 0.151 e. The van der Waals surface area contributed by atoms with E-state index in [1.165, 1.54) is 0 Å². The Labute approximate surface area is 89.6 Å². The van der Waals surface area contributed by atoms with Gasteiger partial charge in [0.1, 0.15) is 0 Å². The van der Waals surface area contributed by atoms with Crippen molar-refractivity contribution in [3.05, 3.63) is 30.3 Å². The van der Waals surface area contributed by atoms with Crippen LogP contribution in [0.2, 0.25) is 0 Å². The van der Waals surface area contributed by atoms with E-state index in [-0.39, 0.29) is 11.8 Å². The summed E-state index contributed by atoms with van der Waals surface area (Å²) in [5, 5.41) is 0. The fraction of sp³-hybridized carbons (Fsp3) is 0.400. The summed E-state index contributed by atoms with van der Waals surface area (Å²) >= 11 is 0. The van der Waals surface area contributed by atoms with Crippen LogP contribution in [-0.4, -0.2) is 26.0 Å². The highest BCUT2D eigenvalue weighted by Crippen LogP contribution is 2.11. The normalized spacial score (nSPS) is 23.9. The molecule has 0 amide bonds. The number of benzene rings is 1. The van der Waals surface area contributed by atoms with E-state index in [1.54, 1.807) is 0 Å². The third-order valence-corrected chi connectivity index (χ3v) is 4.19. The standard InChI is InChI=1S/C10H14N2O2S/c13-15(14)7-6-10(8-15)12-11-9-4-2-1-3-5-9/h1-5,10-12H,6-8H2. The van der Waals surface area contributed by atoms with E-state index in [0.717, 1.165) is 5.69 Å². The van der Waals surface area contributed by atoms with Crippen LogP contribution in [0.1, 0.15) is 6.42 Å². The molecule has 0 radical (unpaired) electrons. The SMILES string of the molecule is O=S1(=O)CCC(NNc2ccccc2)C1. The molecule has 0 aliphatic carbocycles. The van der Waals surface area contributed by atoms with Crippen molar-refractivity contribution >= 4 is 15.5 Å². The summed E-state index contributed by atoms with van der Waals surface area (Å²) in [6.45, 7) is 0. The molecule has 5 heteroatoms. The van der Waals surface area contributed by atoms with Crippen LogP contribution in [0.4, 0.5) is 5.69 Å². The van der Waals surface area contributed by atoms with E-state index in [9.17, 15) is 8.42 Å². The van der Waals surface area contributed by atoms with Gasteiger partial charge in [-0.1, -0.05) is 18.2 Å². The molecule has 0 spiro atoms. The summed E-state index contributed by atoms with van der Waals surface area (Å²) in [7, 11) is -2.80. The van der Waals surface area contributed by atoms with Crippen LogP contribution in [0.25, 0.3) is 0 Å². The van der Waals surface area contributed by atoms with E-state index < -0.39 is 9.84 Å². The minimum absolute atomic E-state index is 0.0233. The molecule has 1 atom stereocenters. The van der Waals surface area contributed by atoms with Gasteiger partial charge in [-0.15, -0.1) is 0 Å². The summed E-state index contributed by atoms with van der Waals surface area (Å²) in [5.41, 5.74) is 6.98. The number of hydrogen-bond donors (Lipinski definition) is 2. The van der Waals surface area contributed by atoms with Gasteiger partial charge < -0.3 is 5.43 Å². The molecule has 4 nitrogen and oxygen atoms in total. The van der Waals surface area contributed by atoms with Crippen molar-refractivity contribution in [2.24, 2.45) is 0 Å². The molecule has 1 aliphatic rings. The minimum Gasteiger partial charge on any atom is -0.321 e. The van der Waals surface area contributed by atoms with Gasteiger partial charge in [-0.3, -0.25) is 0 Å². The summed E-state index contributed by atoms with van der Waals surface area (Å²) in [6.07, 6.45) is 0.683. The maximum absolute atomic E-state index is 11.2. The average molecular weight is 226 g/mol. The smallest absolute Gasteiger partial charge is 0.151 e. The molecule has 82 valence electrons. The average Bonchev–Trinajstić information content (AvgIpc) is 2.57. The van der Waals surface area contributed by atoms with Crippen molar-refractivity contribution in [1.82, 2.24) is 5.43 Å². The molecule has 1 aromatic carbocycles. The largest absolute Gasteiger partial charge is 0.321 e. The molecule has 1 unspecified atom stereocenters. The molecule has 15 heavy (non-hydrogen) atoms. The van der Waals surface area contributed by atoms with Gasteiger partial charge in [0.05, 0.1) is 11.5 Å². The van der Waals surface area contributed by atoms with Gasteiger partial charge in [0.2, 0.25) is 0 Å². The lowest BCUT2D eigenvalue weighted by Gasteiger charge is -2.12. The molecule has 0 aromatic heterocycles. The molecule has 1 aliphatic heterocycles. The predicted octanol–water partition coefficient (Wildman–Crippen LogP) is 0.790. The lowest BCUT2D eigenvalue weighted by molar-refractivity contribution is 0.594. The van der Waals surface area contributed by atoms with Gasteiger partial charge in [0.25, 0.3) is 0 Å². The Morgan fingerprint density at radius 2 is 1.93 bits per heavy atom. The number of rotatable bonds is 3. The quantitative estimate of drug-likeness (QED) is 0.748. The predicted molar refractivity (Wildman–Crippen MR) is 60.3 cm³/mol. The third kappa shape index (κ3) is 2.94. The van der Waals surface area contributed by atoms with Crippen LogP contribution in [0, 0.1) is 0 Å². The van der Waals surface area contributed by atoms with Gasteiger partial charge in [-0.25, -0.2) is 13.8 Å². The molecule has 2 N–H and O–H groups in total. The van der Waals surface area contributed by atoms with Crippen molar-refractivity contribution in [3.63, 3.8) is 0 Å². The Bertz CT molecular complexity index is 416. The van der Waals surface area contributed by atoms with Crippen molar-refractivity contribution in [2.45, 2.75) is 12.5 Å². The van der Waals surface area contributed by atoms with Gasteiger partial charge in [-0.2, -0.15) is 0 Å². The second-order valence-corrected chi connectivity index (χ2v) is 5.96. The Morgan fingerprint density at radius 3 is 2.53 bits per heavy atom. The Kier molecular flexibility index (Phi) is 2.93. The summed E-state index contributed by atoms with van der Waals surface area (Å²) in [5.74, 6) is 0.522. The lowest BCUT2D eigenvalue weighted by atomic mass is 10.3. The lowest BCUT2D eigenvalue weighted by Crippen LogP contribution is -2.34. The molecule has 1 fully saturated rings. The molecule has 1 heterocycles. The number of hydrogen-bond acceptors (Lipinski definition) is 4. The van der Waals surface area contributed by atoms with Crippen LogP contribution in [0.3, 0.4) is 0 Å². The number of anilines is 1. The van der Waals surface area contributed by atoms with Crippen LogP contribution in [0.5, 0.6) is 0 Å². The van der Waals surface area contributed by atoms with E-state index in [2.05, 4.69) is 10.9 Å². The minimum atomic E-state index is -2.80. The first-order chi connectivity index (χ1) is 7.16. The van der Waals surface area contributed by atoms with Crippen molar-refractivity contribution in [3.8, 4) is 0 Å². The van der Waals surface area contributed by atoms with Crippen molar-refractivity contribution in [1.29, 1.82) is 0 Å². The summed E-state index contributed by atoms with van der Waals surface area (Å²) < 4.78 is 22.4. The third-order valence-electron chi connectivity index (χ3n) is 2.43. The van der Waals surface area contributed by atoms with Crippen LogP contribution in [0.15, 0.2) is 30.3 Å². The van der Waals surface area contributed by atoms with E-state index >= 15 is 0 Å². The Morgan fingerprint density at radius 1 is 1.20 bits per heavy atom. The molecule has 1 saturated heterocycles. The van der Waals surface area contributed by atoms with Crippen LogP contribution in [-0.2, 0) is 9.84 Å². The van der Waals surface area contributed by atoms with Gasteiger partial charge >= 0.3 is 0 Å². The first-order valence-corrected chi connectivity index (χ1v) is 6.75. The van der Waals surface area contributed by atoms with Gasteiger partial charge in [0, 0.05) is 11.7 Å². The summed E-state index contributed by atoms with van der Waals surface area (Å²) in [4.78, 5) is 0. The molecule has 0 saturated carbocycles. The van der Waals surface area contributed by atoms with E-state index in [1.807, 2.05) is 30.3 Å². The van der Waals surface area contributed by atoms with Gasteiger partial charge in [0.15, 0.2) is 9.84 Å². The van der Waals surface area contributed by atoms with E-state index in [0.29, 0.717) is 12.2 Å². The number of hydrazine groups is 1. The zero-order valence-electron chi connectivity index (χ0n) is 8.31. The van der Waals surface area contributed by atoms with Crippen molar-refractivity contribution < 1.29 is 8.42 Å². The topological polar surface area (TPSA) is 58.2 Å². The number of para-hydroxylation sites is 1. The Hall–Kier alpha value is -1.07. The molecular weight excluding hydrogens is 212 g/mol. The first-order valence-electron chi connectivity index (χ1n) is 4.93. The molecule has 2 rings (SSSR count).